The summed E-state index contributed by atoms with van der Waals surface area (Å²) in [6.07, 6.45) is 2.65. The van der Waals surface area contributed by atoms with Crippen molar-refractivity contribution in [2.75, 3.05) is 39.5 Å². The molecule has 4 heteroatoms. The van der Waals surface area contributed by atoms with Crippen LogP contribution in [0, 0.1) is 5.92 Å². The Hall–Kier alpha value is -1.39. The summed E-state index contributed by atoms with van der Waals surface area (Å²) in [7, 11) is 0. The summed E-state index contributed by atoms with van der Waals surface area (Å²) in [5.74, 6) is 1.59. The number of piperidine rings is 1. The second-order valence-electron chi connectivity index (χ2n) is 6.09. The van der Waals surface area contributed by atoms with Crippen LogP contribution in [-0.4, -0.2) is 50.1 Å². The molecule has 1 aliphatic heterocycles. The quantitative estimate of drug-likeness (QED) is 0.547. The first-order valence-corrected chi connectivity index (χ1v) is 8.19. The third-order valence-electron chi connectivity index (χ3n) is 4.03. The first-order valence-electron chi connectivity index (χ1n) is 8.19. The van der Waals surface area contributed by atoms with E-state index in [1.54, 1.807) is 19.1 Å². The van der Waals surface area contributed by atoms with Crippen LogP contribution in [0.2, 0.25) is 0 Å². The molecule has 1 aromatic rings. The Morgan fingerprint density at radius 3 is 2.95 bits per heavy atom. The summed E-state index contributed by atoms with van der Waals surface area (Å²) in [5, 5.41) is 0. The maximum absolute atomic E-state index is 11.3. The highest BCUT2D eigenvalue weighted by Crippen LogP contribution is 2.15. The van der Waals surface area contributed by atoms with Gasteiger partial charge in [-0.25, -0.2) is 0 Å². The van der Waals surface area contributed by atoms with Gasteiger partial charge in [0.2, 0.25) is 0 Å². The van der Waals surface area contributed by atoms with Crippen molar-refractivity contribution < 1.29 is 14.3 Å². The molecule has 1 aliphatic rings. The zero-order valence-corrected chi connectivity index (χ0v) is 13.7. The molecule has 0 saturated carbocycles. The first-order chi connectivity index (χ1) is 10.6. The minimum absolute atomic E-state index is 0.0532. The van der Waals surface area contributed by atoms with E-state index < -0.39 is 0 Å². The van der Waals surface area contributed by atoms with Gasteiger partial charge in [-0.05, 0) is 44.4 Å². The number of rotatable bonds is 8. The lowest BCUT2D eigenvalue weighted by Crippen LogP contribution is -2.36. The van der Waals surface area contributed by atoms with E-state index in [9.17, 15) is 4.79 Å². The second kappa shape index (κ2) is 8.91. The fraction of sp³-hybridized carbons (Fsp3) is 0.611. The van der Waals surface area contributed by atoms with Gasteiger partial charge in [-0.2, -0.15) is 0 Å². The van der Waals surface area contributed by atoms with E-state index >= 15 is 0 Å². The summed E-state index contributed by atoms with van der Waals surface area (Å²) in [5.41, 5.74) is 0.678. The number of carbonyl (C=O) groups is 1. The highest BCUT2D eigenvalue weighted by Gasteiger charge is 2.15. The largest absolute Gasteiger partial charge is 0.491 e. The summed E-state index contributed by atoms with van der Waals surface area (Å²) in [4.78, 5) is 13.8. The molecule has 1 saturated heterocycles. The lowest BCUT2D eigenvalue weighted by atomic mass is 10.0. The minimum atomic E-state index is 0.0532. The number of likely N-dealkylation sites (tertiary alicyclic amines) is 1. The maximum atomic E-state index is 11.3. The van der Waals surface area contributed by atoms with E-state index in [0.29, 0.717) is 18.8 Å². The van der Waals surface area contributed by atoms with Gasteiger partial charge in [0.15, 0.2) is 5.78 Å². The van der Waals surface area contributed by atoms with E-state index in [0.717, 1.165) is 24.8 Å². The number of benzene rings is 1. The Bertz CT molecular complexity index is 475. The van der Waals surface area contributed by atoms with Gasteiger partial charge in [0.05, 0.1) is 13.2 Å². The van der Waals surface area contributed by atoms with Crippen LogP contribution in [0.3, 0.4) is 0 Å². The maximum Gasteiger partial charge on any atom is 0.159 e. The van der Waals surface area contributed by atoms with Crippen molar-refractivity contribution in [1.29, 1.82) is 0 Å². The summed E-state index contributed by atoms with van der Waals surface area (Å²) >= 11 is 0. The predicted octanol–water partition coefficient (Wildman–Crippen LogP) is 3.02. The van der Waals surface area contributed by atoms with Gasteiger partial charge in [-0.15, -0.1) is 0 Å². The number of ether oxygens (including phenoxy) is 2. The SMILES string of the molecule is CC(=O)c1cccc(OCCOCCN2CCCC(C)C2)c1. The van der Waals surface area contributed by atoms with Crippen LogP contribution < -0.4 is 4.74 Å². The molecule has 4 nitrogen and oxygen atoms in total. The average molecular weight is 305 g/mol. The molecule has 0 bridgehead atoms. The second-order valence-corrected chi connectivity index (χ2v) is 6.09. The normalized spacial score (nSPS) is 19.1. The number of nitrogens with zero attached hydrogens (tertiary/aromatic N) is 1. The molecule has 0 aliphatic carbocycles. The van der Waals surface area contributed by atoms with Crippen LogP contribution in [0.1, 0.15) is 37.0 Å². The fourth-order valence-corrected chi connectivity index (χ4v) is 2.81. The monoisotopic (exact) mass is 305 g/mol. The van der Waals surface area contributed by atoms with Gasteiger partial charge >= 0.3 is 0 Å². The van der Waals surface area contributed by atoms with E-state index in [-0.39, 0.29) is 5.78 Å². The Balaban J connectivity index is 1.57. The molecule has 0 aromatic heterocycles. The summed E-state index contributed by atoms with van der Waals surface area (Å²) in [6.45, 7) is 9.11. The van der Waals surface area contributed by atoms with Gasteiger partial charge in [-0.1, -0.05) is 19.1 Å². The van der Waals surface area contributed by atoms with Gasteiger partial charge in [-0.3, -0.25) is 4.79 Å². The van der Waals surface area contributed by atoms with Gasteiger partial charge in [0.25, 0.3) is 0 Å². The minimum Gasteiger partial charge on any atom is -0.491 e. The molecular weight excluding hydrogens is 278 g/mol. The summed E-state index contributed by atoms with van der Waals surface area (Å²) < 4.78 is 11.3. The molecule has 1 atom stereocenters. The van der Waals surface area contributed by atoms with E-state index in [1.807, 2.05) is 12.1 Å². The van der Waals surface area contributed by atoms with Crippen LogP contribution in [0.4, 0.5) is 0 Å². The lowest BCUT2D eigenvalue weighted by molar-refractivity contribution is 0.0688. The van der Waals surface area contributed by atoms with Gasteiger partial charge < -0.3 is 14.4 Å². The zero-order chi connectivity index (χ0) is 15.8. The smallest absolute Gasteiger partial charge is 0.159 e. The van der Waals surface area contributed by atoms with Gasteiger partial charge in [0.1, 0.15) is 12.4 Å². The van der Waals surface area contributed by atoms with Crippen molar-refractivity contribution in [2.45, 2.75) is 26.7 Å². The van der Waals surface area contributed by atoms with Crippen molar-refractivity contribution >= 4 is 5.78 Å². The third-order valence-corrected chi connectivity index (χ3v) is 4.03. The van der Waals surface area contributed by atoms with E-state index in [1.165, 1.54) is 25.9 Å². The molecule has 0 spiro atoms. The third kappa shape index (κ3) is 5.78. The topological polar surface area (TPSA) is 38.8 Å². The fourth-order valence-electron chi connectivity index (χ4n) is 2.81. The molecule has 1 aromatic carbocycles. The van der Waals surface area contributed by atoms with Crippen molar-refractivity contribution in [3.63, 3.8) is 0 Å². The molecule has 22 heavy (non-hydrogen) atoms. The van der Waals surface area contributed by atoms with E-state index in [4.69, 9.17) is 9.47 Å². The van der Waals surface area contributed by atoms with E-state index in [2.05, 4.69) is 11.8 Å². The van der Waals surface area contributed by atoms with Crippen molar-refractivity contribution in [2.24, 2.45) is 5.92 Å². The average Bonchev–Trinajstić information content (AvgIpc) is 2.51. The molecule has 122 valence electrons. The number of hydrogen-bond donors (Lipinski definition) is 0. The van der Waals surface area contributed by atoms with Crippen LogP contribution in [0.15, 0.2) is 24.3 Å². The Morgan fingerprint density at radius 1 is 1.32 bits per heavy atom. The standard InChI is InChI=1S/C18H27NO3/c1-15-5-4-8-19(14-15)9-10-21-11-12-22-18-7-3-6-17(13-18)16(2)20/h3,6-7,13,15H,4-5,8-12,14H2,1-2H3. The van der Waals surface area contributed by atoms with Crippen molar-refractivity contribution in [3.8, 4) is 5.75 Å². The van der Waals surface area contributed by atoms with Crippen LogP contribution in [0.25, 0.3) is 0 Å². The highest BCUT2D eigenvalue weighted by atomic mass is 16.5. The molecule has 0 amide bonds. The van der Waals surface area contributed by atoms with Crippen molar-refractivity contribution in [3.05, 3.63) is 29.8 Å². The molecule has 1 heterocycles. The highest BCUT2D eigenvalue weighted by molar-refractivity contribution is 5.94. The van der Waals surface area contributed by atoms with Gasteiger partial charge in [0, 0.05) is 18.7 Å². The number of hydrogen-bond acceptors (Lipinski definition) is 4. The van der Waals surface area contributed by atoms with Crippen LogP contribution in [0.5, 0.6) is 5.75 Å². The number of carbonyl (C=O) groups excluding carboxylic acids is 1. The number of ketones is 1. The Morgan fingerprint density at radius 2 is 2.18 bits per heavy atom. The van der Waals surface area contributed by atoms with Crippen molar-refractivity contribution in [1.82, 2.24) is 4.90 Å². The van der Waals surface area contributed by atoms with Crippen LogP contribution in [-0.2, 0) is 4.74 Å². The Kier molecular flexibility index (Phi) is 6.87. The molecule has 1 fully saturated rings. The predicted molar refractivity (Wildman–Crippen MR) is 87.6 cm³/mol. The number of Topliss-reactive ketones (excluding diaryl/α,β-unsaturated/α-hetero) is 1. The lowest BCUT2D eigenvalue weighted by Gasteiger charge is -2.30. The molecule has 0 radical (unpaired) electrons. The molecular formula is C18H27NO3. The summed E-state index contributed by atoms with van der Waals surface area (Å²) in [6, 6.07) is 7.27. The molecule has 1 unspecified atom stereocenters. The molecule has 0 N–H and O–H groups in total. The first kappa shape index (κ1) is 17.0. The molecule has 2 rings (SSSR count). The zero-order valence-electron chi connectivity index (χ0n) is 13.7. The Labute approximate surface area is 133 Å². The van der Waals surface area contributed by atoms with Crippen LogP contribution >= 0.6 is 0 Å².